The number of carbonyl (C=O) groups excluding carboxylic acids is 2. The smallest absolute Gasteiger partial charge is 0.292 e. The topological polar surface area (TPSA) is 49.4 Å². The van der Waals surface area contributed by atoms with Crippen LogP contribution in [0.1, 0.15) is 46.0 Å². The molecule has 1 atom stereocenters. The number of hydrogen-bond donors (Lipinski definition) is 1. The molecule has 2 aliphatic rings. The van der Waals surface area contributed by atoms with E-state index in [1.165, 1.54) is 0 Å². The van der Waals surface area contributed by atoms with Crippen LogP contribution in [0.5, 0.6) is 0 Å². The number of alkyl halides is 3. The van der Waals surface area contributed by atoms with Crippen molar-refractivity contribution in [2.24, 2.45) is 0 Å². The van der Waals surface area contributed by atoms with E-state index in [1.54, 1.807) is 0 Å². The zero-order chi connectivity index (χ0) is 15.1. The first-order chi connectivity index (χ1) is 9.25. The minimum absolute atomic E-state index is 0.0283. The molecule has 1 saturated carbocycles. The fraction of sp³-hybridized carbons (Fsp3) is 0.846. The summed E-state index contributed by atoms with van der Waals surface area (Å²) in [6, 6.07) is -1.25. The first-order valence-electron chi connectivity index (χ1n) is 6.96. The van der Waals surface area contributed by atoms with Crippen LogP contribution in [0.4, 0.5) is 13.2 Å². The zero-order valence-electron chi connectivity index (χ0n) is 11.6. The Kier molecular flexibility index (Phi) is 3.83. The maximum Gasteiger partial charge on any atom is 0.406 e. The average molecular weight is 292 g/mol. The van der Waals surface area contributed by atoms with Crippen molar-refractivity contribution in [3.8, 4) is 0 Å². The Labute approximate surface area is 115 Å². The highest BCUT2D eigenvalue weighted by molar-refractivity contribution is 6.05. The molecule has 2 amide bonds. The van der Waals surface area contributed by atoms with E-state index in [9.17, 15) is 22.8 Å². The lowest BCUT2D eigenvalue weighted by Crippen LogP contribution is -2.53. The van der Waals surface area contributed by atoms with Gasteiger partial charge in [0.15, 0.2) is 0 Å². The first kappa shape index (κ1) is 15.3. The number of carbonyl (C=O) groups is 2. The number of nitrogens with zero attached hydrogens (tertiary/aromatic N) is 1. The molecule has 1 heterocycles. The summed E-state index contributed by atoms with van der Waals surface area (Å²) in [6.45, 7) is 3.71. The summed E-state index contributed by atoms with van der Waals surface area (Å²) in [4.78, 5) is 25.2. The number of halogens is 3. The lowest BCUT2D eigenvalue weighted by Gasteiger charge is -2.26. The van der Waals surface area contributed by atoms with E-state index in [2.05, 4.69) is 5.32 Å². The van der Waals surface area contributed by atoms with Gasteiger partial charge in [-0.25, -0.2) is 0 Å². The molecule has 114 valence electrons. The summed E-state index contributed by atoms with van der Waals surface area (Å²) in [5.74, 6) is -0.890. The lowest BCUT2D eigenvalue weighted by atomic mass is 10.1. The predicted octanol–water partition coefficient (Wildman–Crippen LogP) is 1.99. The van der Waals surface area contributed by atoms with E-state index in [-0.39, 0.29) is 31.2 Å². The maximum absolute atomic E-state index is 12.9. The molecule has 1 saturated heterocycles. The van der Waals surface area contributed by atoms with Crippen molar-refractivity contribution in [1.29, 1.82) is 0 Å². The highest BCUT2D eigenvalue weighted by atomic mass is 19.4. The van der Waals surface area contributed by atoms with E-state index < -0.39 is 23.7 Å². The fourth-order valence-corrected chi connectivity index (χ4v) is 2.77. The van der Waals surface area contributed by atoms with Crippen molar-refractivity contribution in [2.75, 3.05) is 0 Å². The van der Waals surface area contributed by atoms with E-state index in [0.29, 0.717) is 12.8 Å². The van der Waals surface area contributed by atoms with Gasteiger partial charge in [0.1, 0.15) is 5.54 Å². The monoisotopic (exact) mass is 292 g/mol. The number of hydrogen-bond acceptors (Lipinski definition) is 3. The molecule has 20 heavy (non-hydrogen) atoms. The van der Waals surface area contributed by atoms with Crippen molar-refractivity contribution in [2.45, 2.75) is 69.8 Å². The van der Waals surface area contributed by atoms with Crippen LogP contribution < -0.4 is 5.32 Å². The van der Waals surface area contributed by atoms with Gasteiger partial charge in [0.2, 0.25) is 11.8 Å². The van der Waals surface area contributed by atoms with Gasteiger partial charge in [-0.1, -0.05) is 13.8 Å². The molecule has 1 aliphatic heterocycles. The molecular formula is C13H19F3N2O2. The first-order valence-corrected chi connectivity index (χ1v) is 6.96. The van der Waals surface area contributed by atoms with Crippen LogP contribution in [-0.4, -0.2) is 40.5 Å². The van der Waals surface area contributed by atoms with Gasteiger partial charge in [0, 0.05) is 6.04 Å². The van der Waals surface area contributed by atoms with Gasteiger partial charge in [-0.3, -0.25) is 19.8 Å². The van der Waals surface area contributed by atoms with E-state index in [4.69, 9.17) is 0 Å². The molecule has 4 nitrogen and oxygen atoms in total. The number of rotatable bonds is 5. The van der Waals surface area contributed by atoms with Gasteiger partial charge in [-0.05, 0) is 25.7 Å². The van der Waals surface area contributed by atoms with Gasteiger partial charge in [0.25, 0.3) is 0 Å². The molecule has 7 heteroatoms. The van der Waals surface area contributed by atoms with Crippen LogP contribution in [0.3, 0.4) is 0 Å². The van der Waals surface area contributed by atoms with Gasteiger partial charge in [-0.2, -0.15) is 13.2 Å². The van der Waals surface area contributed by atoms with Crippen molar-refractivity contribution >= 4 is 11.8 Å². The number of likely N-dealkylation sites (tertiary alicyclic amines) is 1. The van der Waals surface area contributed by atoms with Gasteiger partial charge >= 0.3 is 6.18 Å². The van der Waals surface area contributed by atoms with Gasteiger partial charge in [-0.15, -0.1) is 0 Å². The summed E-state index contributed by atoms with van der Waals surface area (Å²) < 4.78 is 38.7. The van der Waals surface area contributed by atoms with Crippen LogP contribution in [0.15, 0.2) is 0 Å². The fourth-order valence-electron chi connectivity index (χ4n) is 2.77. The second kappa shape index (κ2) is 5.02. The Bertz CT molecular complexity index is 414. The zero-order valence-corrected chi connectivity index (χ0v) is 11.6. The summed E-state index contributed by atoms with van der Waals surface area (Å²) >= 11 is 0. The second-order valence-corrected chi connectivity index (χ2v) is 5.55. The molecule has 2 fully saturated rings. The molecule has 1 aliphatic carbocycles. The van der Waals surface area contributed by atoms with Crippen LogP contribution in [0.2, 0.25) is 0 Å². The molecular weight excluding hydrogens is 273 g/mol. The SMILES string of the molecule is CCC(CC)N1C(=O)CC(NC2(C(F)(F)F)CC2)C1=O. The molecule has 0 bridgehead atoms. The van der Waals surface area contributed by atoms with Crippen molar-refractivity contribution in [3.05, 3.63) is 0 Å². The Morgan fingerprint density at radius 3 is 2.25 bits per heavy atom. The van der Waals surface area contributed by atoms with Crippen LogP contribution in [0.25, 0.3) is 0 Å². The highest BCUT2D eigenvalue weighted by Crippen LogP contribution is 2.49. The third kappa shape index (κ3) is 2.43. The summed E-state index contributed by atoms with van der Waals surface area (Å²) in [7, 11) is 0. The van der Waals surface area contributed by atoms with Gasteiger partial charge < -0.3 is 0 Å². The number of imide groups is 1. The molecule has 0 radical (unpaired) electrons. The largest absolute Gasteiger partial charge is 0.406 e. The third-order valence-corrected chi connectivity index (χ3v) is 4.23. The Morgan fingerprint density at radius 1 is 1.30 bits per heavy atom. The normalized spacial score (nSPS) is 25.7. The molecule has 0 spiro atoms. The maximum atomic E-state index is 12.9. The van der Waals surface area contributed by atoms with E-state index in [1.807, 2.05) is 13.8 Å². The summed E-state index contributed by atoms with van der Waals surface area (Å²) in [5.41, 5.74) is -1.96. The molecule has 0 aromatic heterocycles. The molecule has 2 rings (SSSR count). The number of amides is 2. The number of nitrogens with one attached hydrogen (secondary N) is 1. The van der Waals surface area contributed by atoms with Crippen LogP contribution in [-0.2, 0) is 9.59 Å². The Balaban J connectivity index is 2.09. The standard InChI is InChI=1S/C13H19F3N2O2/c1-3-8(4-2)18-10(19)7-9(11(18)20)17-12(5-6-12)13(14,15)16/h8-9,17H,3-7H2,1-2H3. The minimum atomic E-state index is -4.38. The van der Waals surface area contributed by atoms with Crippen LogP contribution >= 0.6 is 0 Å². The molecule has 1 unspecified atom stereocenters. The van der Waals surface area contributed by atoms with Gasteiger partial charge in [0.05, 0.1) is 12.5 Å². The van der Waals surface area contributed by atoms with Crippen LogP contribution in [0, 0.1) is 0 Å². The molecule has 1 N–H and O–H groups in total. The Hall–Kier alpha value is -1.11. The molecule has 0 aromatic rings. The summed E-state index contributed by atoms with van der Waals surface area (Å²) in [6.07, 6.45) is -3.37. The van der Waals surface area contributed by atoms with E-state index >= 15 is 0 Å². The summed E-state index contributed by atoms with van der Waals surface area (Å²) in [5, 5.41) is 2.38. The van der Waals surface area contributed by atoms with Crippen molar-refractivity contribution in [3.63, 3.8) is 0 Å². The lowest BCUT2D eigenvalue weighted by molar-refractivity contribution is -0.168. The predicted molar refractivity (Wildman–Crippen MR) is 65.8 cm³/mol. The van der Waals surface area contributed by atoms with Crippen molar-refractivity contribution < 1.29 is 22.8 Å². The third-order valence-electron chi connectivity index (χ3n) is 4.23. The average Bonchev–Trinajstić information content (AvgIpc) is 3.09. The Morgan fingerprint density at radius 2 is 1.85 bits per heavy atom. The van der Waals surface area contributed by atoms with Crippen molar-refractivity contribution in [1.82, 2.24) is 10.2 Å². The molecule has 0 aromatic carbocycles. The minimum Gasteiger partial charge on any atom is -0.292 e. The second-order valence-electron chi connectivity index (χ2n) is 5.55. The quantitative estimate of drug-likeness (QED) is 0.788. The highest BCUT2D eigenvalue weighted by Gasteiger charge is 2.65. The van der Waals surface area contributed by atoms with E-state index in [0.717, 1.165) is 4.90 Å².